The van der Waals surface area contributed by atoms with E-state index in [0.717, 1.165) is 31.5 Å². The lowest BCUT2D eigenvalue weighted by molar-refractivity contribution is -0.110. The van der Waals surface area contributed by atoms with Crippen molar-refractivity contribution in [3.63, 3.8) is 0 Å². The molecule has 7 nitrogen and oxygen atoms in total. The maximum atomic E-state index is 13.6. The smallest absolute Gasteiger partial charge is 0.333 e. The first kappa shape index (κ1) is 18.2. The van der Waals surface area contributed by atoms with Crippen molar-refractivity contribution in [3.8, 4) is 0 Å². The number of fused-ring (bicyclic) bond motifs is 1. The number of nitrogens with one attached hydrogen (secondary N) is 4. The number of H-pyrrole nitrogens is 1. The average Bonchev–Trinajstić information content (AvgIpc) is 3.17. The Labute approximate surface area is 162 Å². The molecule has 0 bridgehead atoms. The molecule has 3 heterocycles. The van der Waals surface area contributed by atoms with Crippen molar-refractivity contribution in [1.29, 1.82) is 0 Å². The number of anilines is 2. The number of amides is 3. The molecule has 1 aromatic heterocycles. The molecular formula is C20H22FN5O2. The van der Waals surface area contributed by atoms with Gasteiger partial charge in [-0.05, 0) is 49.6 Å². The number of piperidine rings is 1. The Morgan fingerprint density at radius 2 is 2.04 bits per heavy atom. The average molecular weight is 383 g/mol. The minimum Gasteiger partial charge on any atom is -0.360 e. The van der Waals surface area contributed by atoms with Crippen LogP contribution in [0.5, 0.6) is 0 Å². The largest absolute Gasteiger partial charge is 0.360 e. The van der Waals surface area contributed by atoms with Crippen LogP contribution in [0, 0.1) is 12.7 Å². The lowest BCUT2D eigenvalue weighted by atomic mass is 10.0. The number of aromatic amines is 1. The highest BCUT2D eigenvalue weighted by Crippen LogP contribution is 2.34. The molecule has 1 aromatic carbocycles. The van der Waals surface area contributed by atoms with Crippen LogP contribution in [-0.4, -0.2) is 35.0 Å². The number of hydrogen-bond acceptors (Lipinski definition) is 3. The second-order valence-corrected chi connectivity index (χ2v) is 7.06. The van der Waals surface area contributed by atoms with Crippen molar-refractivity contribution in [2.45, 2.75) is 26.2 Å². The molecule has 146 valence electrons. The Bertz CT molecular complexity index is 960. The molecule has 0 aliphatic carbocycles. The Morgan fingerprint density at radius 1 is 1.25 bits per heavy atom. The summed E-state index contributed by atoms with van der Waals surface area (Å²) >= 11 is 0. The molecule has 1 fully saturated rings. The standard InChI is InChI=1S/C20H22FN5O2/c1-12-17(10-15-14-9-13(21)5-6-16(14)23-19(15)27)22-11-18(12)24-20(28)25-26-7-3-2-4-8-26/h5-6,9-11,22H,2-4,7-8H2,1H3,(H,23,27)(H2,24,25,28)/b15-10-. The normalized spacial score (nSPS) is 18.1. The van der Waals surface area contributed by atoms with Crippen molar-refractivity contribution < 1.29 is 14.0 Å². The number of nitrogens with zero attached hydrogens (tertiary/aromatic N) is 1. The van der Waals surface area contributed by atoms with Gasteiger partial charge < -0.3 is 15.6 Å². The van der Waals surface area contributed by atoms with Gasteiger partial charge in [-0.15, -0.1) is 0 Å². The van der Waals surface area contributed by atoms with E-state index in [1.807, 2.05) is 11.9 Å². The molecule has 1 saturated heterocycles. The Morgan fingerprint density at radius 3 is 2.82 bits per heavy atom. The lowest BCUT2D eigenvalue weighted by Gasteiger charge is -2.26. The lowest BCUT2D eigenvalue weighted by Crippen LogP contribution is -2.46. The molecule has 0 spiro atoms. The molecular weight excluding hydrogens is 361 g/mol. The summed E-state index contributed by atoms with van der Waals surface area (Å²) in [6.07, 6.45) is 6.69. The molecule has 0 saturated carbocycles. The fraction of sp³-hybridized carbons (Fsp3) is 0.300. The zero-order chi connectivity index (χ0) is 19.7. The molecule has 0 unspecified atom stereocenters. The first-order chi connectivity index (χ1) is 13.5. The SMILES string of the molecule is Cc1c(NC(=O)NN2CCCCC2)c[nH]c1/C=C1\C(=O)Nc2ccc(F)cc21. The predicted molar refractivity (Wildman–Crippen MR) is 106 cm³/mol. The zero-order valence-corrected chi connectivity index (χ0v) is 15.6. The van der Waals surface area contributed by atoms with E-state index in [1.165, 1.54) is 18.6 Å². The number of urea groups is 1. The second-order valence-electron chi connectivity index (χ2n) is 7.06. The number of carbonyl (C=O) groups excluding carboxylic acids is 2. The summed E-state index contributed by atoms with van der Waals surface area (Å²) < 4.78 is 13.6. The molecule has 0 radical (unpaired) electrons. The summed E-state index contributed by atoms with van der Waals surface area (Å²) in [6.45, 7) is 3.54. The van der Waals surface area contributed by atoms with E-state index in [2.05, 4.69) is 21.0 Å². The third-order valence-electron chi connectivity index (χ3n) is 5.10. The number of hydrogen-bond donors (Lipinski definition) is 4. The maximum absolute atomic E-state index is 13.6. The van der Waals surface area contributed by atoms with Crippen LogP contribution >= 0.6 is 0 Å². The Hall–Kier alpha value is -3.13. The molecule has 0 atom stereocenters. The highest BCUT2D eigenvalue weighted by molar-refractivity contribution is 6.34. The van der Waals surface area contributed by atoms with E-state index in [4.69, 9.17) is 0 Å². The van der Waals surface area contributed by atoms with E-state index in [0.29, 0.717) is 28.2 Å². The first-order valence-corrected chi connectivity index (χ1v) is 9.35. The van der Waals surface area contributed by atoms with Crippen LogP contribution in [0.1, 0.15) is 36.1 Å². The van der Waals surface area contributed by atoms with Crippen molar-refractivity contribution in [1.82, 2.24) is 15.4 Å². The maximum Gasteiger partial charge on any atom is 0.333 e. The minimum atomic E-state index is -0.402. The van der Waals surface area contributed by atoms with Gasteiger partial charge in [0.1, 0.15) is 5.82 Å². The third kappa shape index (κ3) is 3.63. The van der Waals surface area contributed by atoms with E-state index in [-0.39, 0.29) is 11.9 Å². The van der Waals surface area contributed by atoms with Crippen LogP contribution in [0.4, 0.5) is 20.6 Å². The molecule has 2 aromatic rings. The summed E-state index contributed by atoms with van der Waals surface area (Å²) in [5.74, 6) is -0.687. The third-order valence-corrected chi connectivity index (χ3v) is 5.10. The zero-order valence-electron chi connectivity index (χ0n) is 15.6. The number of hydrazine groups is 1. The number of halogens is 1. The second kappa shape index (κ2) is 7.47. The number of benzene rings is 1. The van der Waals surface area contributed by atoms with Gasteiger partial charge in [0.2, 0.25) is 0 Å². The molecule has 2 aliphatic heterocycles. The van der Waals surface area contributed by atoms with Gasteiger partial charge in [-0.3, -0.25) is 10.2 Å². The summed E-state index contributed by atoms with van der Waals surface area (Å²) in [5.41, 5.74) is 6.43. The molecule has 2 aliphatic rings. The Balaban J connectivity index is 1.51. The van der Waals surface area contributed by atoms with E-state index < -0.39 is 5.82 Å². The molecule has 4 N–H and O–H groups in total. The van der Waals surface area contributed by atoms with Crippen molar-refractivity contribution in [2.24, 2.45) is 0 Å². The van der Waals surface area contributed by atoms with Crippen molar-refractivity contribution in [3.05, 3.63) is 47.0 Å². The fourth-order valence-corrected chi connectivity index (χ4v) is 3.54. The van der Waals surface area contributed by atoms with E-state index in [1.54, 1.807) is 18.3 Å². The summed E-state index contributed by atoms with van der Waals surface area (Å²) in [5, 5.41) is 7.47. The van der Waals surface area contributed by atoms with E-state index >= 15 is 0 Å². The minimum absolute atomic E-state index is 0.285. The van der Waals surface area contributed by atoms with Gasteiger partial charge in [-0.1, -0.05) is 6.42 Å². The van der Waals surface area contributed by atoms with Crippen LogP contribution in [0.15, 0.2) is 24.4 Å². The van der Waals surface area contributed by atoms with Crippen LogP contribution in [0.3, 0.4) is 0 Å². The monoisotopic (exact) mass is 383 g/mol. The van der Waals surface area contributed by atoms with E-state index in [9.17, 15) is 14.0 Å². The highest BCUT2D eigenvalue weighted by Gasteiger charge is 2.25. The predicted octanol–water partition coefficient (Wildman–Crippen LogP) is 3.48. The molecule has 3 amide bonds. The van der Waals surface area contributed by atoms with Crippen LogP contribution < -0.4 is 16.1 Å². The molecule has 8 heteroatoms. The molecule has 28 heavy (non-hydrogen) atoms. The van der Waals surface area contributed by atoms with Crippen molar-refractivity contribution in [2.75, 3.05) is 23.7 Å². The quantitative estimate of drug-likeness (QED) is 0.612. The van der Waals surface area contributed by atoms with Gasteiger partial charge in [0, 0.05) is 36.2 Å². The number of rotatable bonds is 3. The van der Waals surface area contributed by atoms with Gasteiger partial charge in [0.15, 0.2) is 0 Å². The van der Waals surface area contributed by atoms with Gasteiger partial charge in [-0.2, -0.15) is 0 Å². The van der Waals surface area contributed by atoms with Crippen LogP contribution in [0.2, 0.25) is 0 Å². The first-order valence-electron chi connectivity index (χ1n) is 9.35. The van der Waals surface area contributed by atoms with Gasteiger partial charge >= 0.3 is 6.03 Å². The number of aromatic nitrogens is 1. The number of carbonyl (C=O) groups is 2. The van der Waals surface area contributed by atoms with Crippen LogP contribution in [0.25, 0.3) is 11.6 Å². The summed E-state index contributed by atoms with van der Waals surface area (Å²) in [6, 6.07) is 3.89. The molecule has 4 rings (SSSR count). The van der Waals surface area contributed by atoms with Gasteiger partial charge in [0.05, 0.1) is 11.3 Å². The summed E-state index contributed by atoms with van der Waals surface area (Å²) in [7, 11) is 0. The van der Waals surface area contributed by atoms with Gasteiger partial charge in [-0.25, -0.2) is 14.2 Å². The summed E-state index contributed by atoms with van der Waals surface area (Å²) in [4.78, 5) is 27.6. The fourth-order valence-electron chi connectivity index (χ4n) is 3.54. The highest BCUT2D eigenvalue weighted by atomic mass is 19.1. The Kier molecular flexibility index (Phi) is 4.87. The van der Waals surface area contributed by atoms with Crippen molar-refractivity contribution >= 4 is 35.0 Å². The van der Waals surface area contributed by atoms with Gasteiger partial charge in [0.25, 0.3) is 5.91 Å². The van der Waals surface area contributed by atoms with Crippen LogP contribution in [-0.2, 0) is 4.79 Å². The topological polar surface area (TPSA) is 89.3 Å².